The quantitative estimate of drug-likeness (QED) is 0.814. The Hall–Kier alpha value is -2.69. The van der Waals surface area contributed by atoms with Crippen LogP contribution in [0.15, 0.2) is 53.8 Å². The first kappa shape index (κ1) is 14.3. The van der Waals surface area contributed by atoms with Gasteiger partial charge in [-0.15, -0.1) is 0 Å². The van der Waals surface area contributed by atoms with E-state index in [1.54, 1.807) is 13.1 Å². The Morgan fingerprint density at radius 3 is 2.73 bits per heavy atom. The van der Waals surface area contributed by atoms with Gasteiger partial charge in [0.25, 0.3) is 0 Å². The summed E-state index contributed by atoms with van der Waals surface area (Å²) in [6.45, 7) is 2.10. The van der Waals surface area contributed by atoms with Crippen LogP contribution in [0.3, 0.4) is 0 Å². The molecule has 5 nitrogen and oxygen atoms in total. The Balaban J connectivity index is 1.71. The van der Waals surface area contributed by atoms with E-state index >= 15 is 0 Å². The van der Waals surface area contributed by atoms with Crippen molar-refractivity contribution in [1.29, 1.82) is 0 Å². The third kappa shape index (κ3) is 2.98. The lowest BCUT2D eigenvalue weighted by molar-refractivity contribution is -0.154. The molecule has 2 heterocycles. The summed E-state index contributed by atoms with van der Waals surface area (Å²) < 4.78 is 4.93. The second-order valence-electron chi connectivity index (χ2n) is 4.89. The molecule has 3 rings (SSSR count). The zero-order valence-electron chi connectivity index (χ0n) is 12.2. The number of aromatic nitrogens is 1. The number of benzene rings is 1. The van der Waals surface area contributed by atoms with E-state index in [2.05, 4.69) is 10.1 Å². The number of nitrogens with zero attached hydrogens (tertiary/aromatic N) is 2. The highest BCUT2D eigenvalue weighted by Gasteiger charge is 2.30. The predicted molar refractivity (Wildman–Crippen MR) is 82.3 cm³/mol. The van der Waals surface area contributed by atoms with Crippen LogP contribution >= 0.6 is 0 Å². The van der Waals surface area contributed by atoms with E-state index < -0.39 is 6.10 Å². The van der Waals surface area contributed by atoms with E-state index in [4.69, 9.17) is 9.57 Å². The van der Waals surface area contributed by atoms with Crippen LogP contribution in [0.5, 0.6) is 0 Å². The molecule has 5 heteroatoms. The molecule has 1 unspecified atom stereocenters. The summed E-state index contributed by atoms with van der Waals surface area (Å²) in [5.41, 5.74) is 3.52. The number of ether oxygens (including phenoxy) is 1. The largest absolute Gasteiger partial charge is 0.463 e. The molecule has 0 radical (unpaired) electrons. The Morgan fingerprint density at radius 2 is 2.05 bits per heavy atom. The lowest BCUT2D eigenvalue weighted by Crippen LogP contribution is -2.23. The molecule has 0 saturated carbocycles. The molecule has 22 heavy (non-hydrogen) atoms. The van der Waals surface area contributed by atoms with Crippen molar-refractivity contribution in [3.8, 4) is 11.3 Å². The molecule has 0 spiro atoms. The van der Waals surface area contributed by atoms with Crippen molar-refractivity contribution < 1.29 is 14.4 Å². The molecular weight excluding hydrogens is 280 g/mol. The monoisotopic (exact) mass is 296 g/mol. The third-order valence-electron chi connectivity index (χ3n) is 3.38. The predicted octanol–water partition coefficient (Wildman–Crippen LogP) is 2.80. The van der Waals surface area contributed by atoms with Crippen LogP contribution in [0, 0.1) is 0 Å². The molecular formula is C17H16N2O3. The molecule has 0 N–H and O–H groups in total. The third-order valence-corrected chi connectivity index (χ3v) is 3.38. The van der Waals surface area contributed by atoms with Crippen molar-refractivity contribution in [3.05, 3.63) is 54.2 Å². The number of hydrogen-bond acceptors (Lipinski definition) is 5. The van der Waals surface area contributed by atoms with E-state index in [9.17, 15) is 4.79 Å². The molecule has 1 aromatic heterocycles. The molecule has 0 saturated heterocycles. The molecule has 2 aromatic rings. The maximum Gasteiger partial charge on any atom is 0.350 e. The zero-order valence-corrected chi connectivity index (χ0v) is 12.2. The average Bonchev–Trinajstić information content (AvgIpc) is 3.06. The van der Waals surface area contributed by atoms with Gasteiger partial charge in [-0.25, -0.2) is 4.79 Å². The van der Waals surface area contributed by atoms with Crippen molar-refractivity contribution >= 4 is 11.7 Å². The topological polar surface area (TPSA) is 60.8 Å². The summed E-state index contributed by atoms with van der Waals surface area (Å²) in [5, 5.41) is 3.97. The Labute approximate surface area is 128 Å². The summed E-state index contributed by atoms with van der Waals surface area (Å²) in [7, 11) is 0. The number of rotatable bonds is 4. The van der Waals surface area contributed by atoms with Crippen molar-refractivity contribution in [2.24, 2.45) is 5.16 Å². The Bertz CT molecular complexity index is 681. The molecule has 112 valence electrons. The van der Waals surface area contributed by atoms with E-state index in [0.29, 0.717) is 18.7 Å². The molecule has 0 amide bonds. The number of carbonyl (C=O) groups excluding carboxylic acids is 1. The van der Waals surface area contributed by atoms with Crippen molar-refractivity contribution in [2.45, 2.75) is 19.4 Å². The SMILES string of the molecule is CCOC(=O)C1CC(c2ccc(-c3ccccc3)nc2)=NO1. The van der Waals surface area contributed by atoms with Gasteiger partial charge in [0.05, 0.1) is 18.0 Å². The van der Waals surface area contributed by atoms with Gasteiger partial charge in [0.1, 0.15) is 0 Å². The van der Waals surface area contributed by atoms with Gasteiger partial charge in [-0.05, 0) is 19.1 Å². The fourth-order valence-electron chi connectivity index (χ4n) is 2.25. The van der Waals surface area contributed by atoms with Gasteiger partial charge in [0, 0.05) is 23.7 Å². The molecule has 1 atom stereocenters. The first-order valence-electron chi connectivity index (χ1n) is 7.19. The number of oxime groups is 1. The maximum absolute atomic E-state index is 11.6. The van der Waals surface area contributed by atoms with Crippen LogP contribution in [0.4, 0.5) is 0 Å². The van der Waals surface area contributed by atoms with Crippen LogP contribution in [0.25, 0.3) is 11.3 Å². The second-order valence-corrected chi connectivity index (χ2v) is 4.89. The highest BCUT2D eigenvalue weighted by atomic mass is 16.7. The number of pyridine rings is 1. The minimum absolute atomic E-state index is 0.335. The maximum atomic E-state index is 11.6. The molecule has 1 aromatic carbocycles. The Kier molecular flexibility index (Phi) is 4.14. The lowest BCUT2D eigenvalue weighted by atomic mass is 10.1. The first-order chi connectivity index (χ1) is 10.8. The standard InChI is InChI=1S/C17H16N2O3/c1-2-21-17(20)16-10-15(19-22-16)13-8-9-14(18-11-13)12-6-4-3-5-7-12/h3-9,11,16H,2,10H2,1H3. The van der Waals surface area contributed by atoms with Gasteiger partial charge in [0.2, 0.25) is 6.10 Å². The summed E-state index contributed by atoms with van der Waals surface area (Å²) >= 11 is 0. The van der Waals surface area contributed by atoms with Crippen LogP contribution < -0.4 is 0 Å². The van der Waals surface area contributed by atoms with E-state index in [-0.39, 0.29) is 5.97 Å². The summed E-state index contributed by atoms with van der Waals surface area (Å²) in [6, 6.07) is 13.8. The molecule has 0 fully saturated rings. The van der Waals surface area contributed by atoms with Crippen molar-refractivity contribution in [3.63, 3.8) is 0 Å². The molecule has 0 bridgehead atoms. The van der Waals surface area contributed by atoms with Gasteiger partial charge in [-0.1, -0.05) is 35.5 Å². The normalized spacial score (nSPS) is 16.8. The van der Waals surface area contributed by atoms with Gasteiger partial charge >= 0.3 is 5.97 Å². The number of hydrogen-bond donors (Lipinski definition) is 0. The van der Waals surface area contributed by atoms with Crippen LogP contribution in [-0.2, 0) is 14.4 Å². The summed E-state index contributed by atoms with van der Waals surface area (Å²) in [5.74, 6) is -0.380. The summed E-state index contributed by atoms with van der Waals surface area (Å²) in [6.07, 6.45) is 1.51. The average molecular weight is 296 g/mol. The minimum atomic E-state index is -0.649. The number of carbonyl (C=O) groups is 1. The van der Waals surface area contributed by atoms with Gasteiger partial charge < -0.3 is 9.57 Å². The van der Waals surface area contributed by atoms with Crippen LogP contribution in [0.2, 0.25) is 0 Å². The minimum Gasteiger partial charge on any atom is -0.463 e. The van der Waals surface area contributed by atoms with Crippen molar-refractivity contribution in [2.75, 3.05) is 6.61 Å². The Morgan fingerprint density at radius 1 is 1.23 bits per heavy atom. The highest BCUT2D eigenvalue weighted by Crippen LogP contribution is 2.20. The lowest BCUT2D eigenvalue weighted by Gasteiger charge is -2.06. The van der Waals surface area contributed by atoms with Crippen LogP contribution in [-0.4, -0.2) is 29.4 Å². The summed E-state index contributed by atoms with van der Waals surface area (Å²) in [4.78, 5) is 21.2. The zero-order chi connectivity index (χ0) is 15.4. The fourth-order valence-corrected chi connectivity index (χ4v) is 2.25. The fraction of sp³-hybridized carbons (Fsp3) is 0.235. The smallest absolute Gasteiger partial charge is 0.350 e. The second kappa shape index (κ2) is 6.39. The van der Waals surface area contributed by atoms with E-state index in [1.807, 2.05) is 42.5 Å². The van der Waals surface area contributed by atoms with E-state index in [1.165, 1.54) is 0 Å². The first-order valence-corrected chi connectivity index (χ1v) is 7.19. The molecule has 1 aliphatic heterocycles. The highest BCUT2D eigenvalue weighted by molar-refractivity contribution is 6.03. The van der Waals surface area contributed by atoms with Gasteiger partial charge in [0.15, 0.2) is 0 Å². The van der Waals surface area contributed by atoms with Gasteiger partial charge in [-0.3, -0.25) is 4.98 Å². The number of esters is 1. The van der Waals surface area contributed by atoms with Gasteiger partial charge in [-0.2, -0.15) is 0 Å². The molecule has 1 aliphatic rings. The van der Waals surface area contributed by atoms with Crippen LogP contribution in [0.1, 0.15) is 18.9 Å². The van der Waals surface area contributed by atoms with Crippen molar-refractivity contribution in [1.82, 2.24) is 4.98 Å². The molecule has 0 aliphatic carbocycles. The van der Waals surface area contributed by atoms with E-state index in [0.717, 1.165) is 16.8 Å².